The Morgan fingerprint density at radius 1 is 0.203 bits per heavy atom. The van der Waals surface area contributed by atoms with Crippen molar-refractivity contribution < 1.29 is 120 Å². The van der Waals surface area contributed by atoms with E-state index in [0.717, 1.165) is 50.1 Å². The Kier molecular flexibility index (Phi) is 31.3. The molecule has 6 aliphatic heterocycles. The highest BCUT2D eigenvalue weighted by atomic mass is 16.8. The molecule has 9 aromatic rings. The number of ether oxygens (including phenoxy) is 20. The van der Waals surface area contributed by atoms with Gasteiger partial charge in [0.05, 0.1) is 99.1 Å². The molecule has 0 radical (unpaired) electrons. The number of aliphatic hydroxyl groups excluding tert-OH is 5. The first-order valence-electron chi connectivity index (χ1n) is 40.4. The minimum absolute atomic E-state index is 0.0143. The minimum atomic E-state index is -1.48. The molecular formula is C93H104O25. The van der Waals surface area contributed by atoms with Gasteiger partial charge in [-0.25, -0.2) is 0 Å². The quantitative estimate of drug-likeness (QED) is 0.0238. The average Bonchev–Trinajstić information content (AvgIpc) is 1.62. The van der Waals surface area contributed by atoms with Gasteiger partial charge in [0, 0.05) is 0 Å². The van der Waals surface area contributed by atoms with Gasteiger partial charge in [-0.3, -0.25) is 0 Å². The minimum Gasteiger partial charge on any atom is -0.394 e. The van der Waals surface area contributed by atoms with Crippen molar-refractivity contribution in [1.82, 2.24) is 0 Å². The fraction of sp³-hybridized carbons (Fsp3) is 0.419. The number of rotatable bonds is 43. The normalized spacial score (nSPS) is 30.7. The molecule has 25 heteroatoms. The van der Waals surface area contributed by atoms with Gasteiger partial charge in [-0.2, -0.15) is 0 Å². The lowest BCUT2D eigenvalue weighted by Gasteiger charge is -2.32. The van der Waals surface area contributed by atoms with Gasteiger partial charge in [0.25, 0.3) is 0 Å². The third-order valence-electron chi connectivity index (χ3n) is 21.5. The molecule has 9 aromatic carbocycles. The topological polar surface area (TPSA) is 286 Å². The van der Waals surface area contributed by atoms with E-state index in [1.807, 2.05) is 273 Å². The van der Waals surface area contributed by atoms with Gasteiger partial charge in [-0.15, -0.1) is 0 Å². The lowest BCUT2D eigenvalue weighted by atomic mass is 10.1. The summed E-state index contributed by atoms with van der Waals surface area (Å²) >= 11 is 0. The molecule has 0 amide bonds. The van der Waals surface area contributed by atoms with E-state index in [9.17, 15) is 25.5 Å². The van der Waals surface area contributed by atoms with E-state index in [0.29, 0.717) is 0 Å². The van der Waals surface area contributed by atoms with Crippen LogP contribution >= 0.6 is 0 Å². The summed E-state index contributed by atoms with van der Waals surface area (Å²) in [6, 6.07) is 86.2. The summed E-state index contributed by atoms with van der Waals surface area (Å²) < 4.78 is 137. The van der Waals surface area contributed by atoms with E-state index < -0.39 is 167 Å². The zero-order chi connectivity index (χ0) is 80.6. The monoisotopic (exact) mass is 1620 g/mol. The van der Waals surface area contributed by atoms with Crippen molar-refractivity contribution in [1.29, 1.82) is 0 Å². The molecule has 6 aliphatic rings. The molecular weight excluding hydrogens is 1520 g/mol. The molecule has 0 spiro atoms. The fourth-order valence-electron chi connectivity index (χ4n) is 15.4. The van der Waals surface area contributed by atoms with Crippen molar-refractivity contribution in [2.24, 2.45) is 0 Å². The number of benzene rings is 9. The predicted molar refractivity (Wildman–Crippen MR) is 424 cm³/mol. The van der Waals surface area contributed by atoms with Crippen LogP contribution in [0.15, 0.2) is 273 Å². The van der Waals surface area contributed by atoms with Crippen LogP contribution in [0.4, 0.5) is 0 Å². The Labute approximate surface area is 686 Å². The summed E-state index contributed by atoms with van der Waals surface area (Å²) in [7, 11) is 0. The standard InChI is InChI=1S/C93H104O25/c94-46-70-78(101-50-63-32-14-3-15-33-63)76(96)89(111-70)117-86-81(104-53-66-38-20-6-21-39-66)72(57-99-48-61-28-10-1-11-29-61)113-92(86)109-60-75-83(85(107-56-69-44-26-9-27-45-69)91(114-75)108-59-74-80(103-52-65-36-18-5-19-37-65)84(88(98)110-74)106-55-68-42-24-8-25-43-68)116-93-87(118-90-77(97)79(71(47-95)112-90)102-51-64-34-16-4-17-35-64)82(105-54-67-40-22-7-23-41-67)73(115-93)58-100-49-62-30-12-2-13-31-62/h1-45,70-98H,46-60H2/t70-,71-,72-,73-,74-,75-,76+,77+,78-,79-,80-,81-,82-,83-,84+,85+,86+,87+,88+,89+,90+,91+,92+,93-/m1/s1. The predicted octanol–water partition coefficient (Wildman–Crippen LogP) is 9.75. The molecule has 626 valence electrons. The van der Waals surface area contributed by atoms with Crippen molar-refractivity contribution in [2.75, 3.05) is 39.6 Å². The number of aliphatic hydroxyl groups is 5. The summed E-state index contributed by atoms with van der Waals surface area (Å²) in [5.41, 5.74) is 7.64. The lowest BCUT2D eigenvalue weighted by Crippen LogP contribution is -2.49. The van der Waals surface area contributed by atoms with E-state index in [1.54, 1.807) is 0 Å². The van der Waals surface area contributed by atoms with E-state index in [1.165, 1.54) is 0 Å². The van der Waals surface area contributed by atoms with Gasteiger partial charge in [0.15, 0.2) is 37.7 Å². The first-order valence-corrected chi connectivity index (χ1v) is 40.4. The van der Waals surface area contributed by atoms with Crippen molar-refractivity contribution in [3.05, 3.63) is 323 Å². The molecule has 25 nitrogen and oxygen atoms in total. The van der Waals surface area contributed by atoms with Crippen LogP contribution in [0.25, 0.3) is 0 Å². The Hall–Kier alpha value is -8.02. The van der Waals surface area contributed by atoms with Crippen LogP contribution in [-0.4, -0.2) is 213 Å². The van der Waals surface area contributed by atoms with Gasteiger partial charge in [0.1, 0.15) is 110 Å². The van der Waals surface area contributed by atoms with Crippen molar-refractivity contribution in [2.45, 2.75) is 207 Å². The Balaban J connectivity index is 0.791. The molecule has 5 N–H and O–H groups in total. The summed E-state index contributed by atoms with van der Waals surface area (Å²) in [5.74, 6) is 0. The maximum atomic E-state index is 12.5. The Morgan fingerprint density at radius 3 is 0.771 bits per heavy atom. The zero-order valence-corrected chi connectivity index (χ0v) is 65.3. The lowest BCUT2D eigenvalue weighted by molar-refractivity contribution is -0.273. The molecule has 6 fully saturated rings. The molecule has 0 aliphatic carbocycles. The van der Waals surface area contributed by atoms with Gasteiger partial charge < -0.3 is 120 Å². The third-order valence-corrected chi connectivity index (χ3v) is 21.5. The SMILES string of the molecule is OC[C@H]1O[C@@H](O[C@@H]2[C@@H](OC[C@H]3O[C@H](OC[C@H]4O[C@H](O)[C@@H](OCc5ccccc5)[C@@H]4OCc4ccccc4)[C@@H](OCc4ccccc4)[C@@H]3O[C@H]3O[C@H](COCc4ccccc4)[C@@H](OCc4ccccc4)[C@@H]3O[C@@H]3O[C@H](CO)[C@@H](OCc4ccccc4)[C@@H]3O)O[C@H](COCc3ccccc3)[C@H]2OCc2ccccc2)[C@@H](O)[C@@H]1OCc1ccccc1. The molecule has 0 bridgehead atoms. The van der Waals surface area contributed by atoms with Crippen LogP contribution in [0.3, 0.4) is 0 Å². The number of hydrogen-bond donors (Lipinski definition) is 5. The summed E-state index contributed by atoms with van der Waals surface area (Å²) in [6.07, 6.45) is -28.8. The van der Waals surface area contributed by atoms with Crippen LogP contribution in [0.5, 0.6) is 0 Å². The van der Waals surface area contributed by atoms with Crippen LogP contribution in [-0.2, 0) is 154 Å². The van der Waals surface area contributed by atoms with Crippen molar-refractivity contribution in [3.8, 4) is 0 Å². The summed E-state index contributed by atoms with van der Waals surface area (Å²) in [6.45, 7) is -0.826. The molecule has 118 heavy (non-hydrogen) atoms. The van der Waals surface area contributed by atoms with Gasteiger partial charge in [-0.05, 0) is 50.1 Å². The van der Waals surface area contributed by atoms with Crippen LogP contribution in [0, 0.1) is 0 Å². The fourth-order valence-corrected chi connectivity index (χ4v) is 15.4. The third kappa shape index (κ3) is 22.8. The first kappa shape index (κ1) is 85.0. The average molecular weight is 1620 g/mol. The molecule has 6 heterocycles. The largest absolute Gasteiger partial charge is 0.394 e. The van der Waals surface area contributed by atoms with E-state index in [-0.39, 0.29) is 79.3 Å². The van der Waals surface area contributed by atoms with Crippen LogP contribution in [0.1, 0.15) is 50.1 Å². The van der Waals surface area contributed by atoms with Gasteiger partial charge >= 0.3 is 0 Å². The molecule has 24 atom stereocenters. The highest BCUT2D eigenvalue weighted by molar-refractivity contribution is 5.21. The van der Waals surface area contributed by atoms with Crippen molar-refractivity contribution >= 4 is 0 Å². The molecule has 0 unspecified atom stereocenters. The van der Waals surface area contributed by atoms with E-state index in [4.69, 9.17) is 94.7 Å². The first-order chi connectivity index (χ1) is 58.1. The highest BCUT2D eigenvalue weighted by Crippen LogP contribution is 2.41. The second-order valence-corrected chi connectivity index (χ2v) is 29.9. The Morgan fingerprint density at radius 2 is 0.441 bits per heavy atom. The second kappa shape index (κ2) is 43.5. The van der Waals surface area contributed by atoms with Gasteiger partial charge in [-0.1, -0.05) is 273 Å². The molecule has 0 aromatic heterocycles. The van der Waals surface area contributed by atoms with E-state index in [2.05, 4.69) is 0 Å². The van der Waals surface area contributed by atoms with Crippen molar-refractivity contribution in [3.63, 3.8) is 0 Å². The van der Waals surface area contributed by atoms with Crippen LogP contribution in [0.2, 0.25) is 0 Å². The van der Waals surface area contributed by atoms with Crippen LogP contribution < -0.4 is 0 Å². The van der Waals surface area contributed by atoms with Gasteiger partial charge in [0.2, 0.25) is 0 Å². The zero-order valence-electron chi connectivity index (χ0n) is 65.3. The van der Waals surface area contributed by atoms with E-state index >= 15 is 0 Å². The molecule has 0 saturated carbocycles. The highest BCUT2D eigenvalue weighted by Gasteiger charge is 2.59. The maximum absolute atomic E-state index is 12.5. The Bertz CT molecular complexity index is 4300. The summed E-state index contributed by atoms with van der Waals surface area (Å²) in [4.78, 5) is 0. The maximum Gasteiger partial charge on any atom is 0.187 e. The number of hydrogen-bond acceptors (Lipinski definition) is 25. The smallest absolute Gasteiger partial charge is 0.187 e. The molecule has 6 saturated heterocycles. The second-order valence-electron chi connectivity index (χ2n) is 29.9. The molecule has 15 rings (SSSR count). The summed E-state index contributed by atoms with van der Waals surface area (Å²) in [5, 5.41) is 58.6.